The third-order valence-electron chi connectivity index (χ3n) is 3.58. The van der Waals surface area contributed by atoms with Crippen molar-refractivity contribution in [2.24, 2.45) is 5.92 Å². The van der Waals surface area contributed by atoms with Crippen LogP contribution in [0.1, 0.15) is 32.8 Å². The Kier molecular flexibility index (Phi) is 5.86. The van der Waals surface area contributed by atoms with Crippen molar-refractivity contribution < 1.29 is 14.3 Å². The molecule has 0 aliphatic carbocycles. The predicted octanol–water partition coefficient (Wildman–Crippen LogP) is 2.41. The summed E-state index contributed by atoms with van der Waals surface area (Å²) >= 11 is 0. The molecule has 1 N–H and O–H groups in total. The summed E-state index contributed by atoms with van der Waals surface area (Å²) in [5.41, 5.74) is 0.320. The normalized spacial score (nSPS) is 17.0. The molecule has 2 amide bonds. The summed E-state index contributed by atoms with van der Waals surface area (Å²) in [4.78, 5) is 25.5. The van der Waals surface area contributed by atoms with E-state index in [2.05, 4.69) is 17.2 Å². The molecule has 24 heavy (non-hydrogen) atoms. The number of hydrogen-bond donors (Lipinski definition) is 1. The van der Waals surface area contributed by atoms with Crippen LogP contribution in [0.5, 0.6) is 0 Å². The van der Waals surface area contributed by atoms with Crippen LogP contribution < -0.4 is 5.32 Å². The fraction of sp³-hybridized carbons (Fsp3) is 0.474. The highest BCUT2D eigenvalue weighted by Crippen LogP contribution is 2.18. The van der Waals surface area contributed by atoms with Crippen LogP contribution in [0.25, 0.3) is 0 Å². The number of ether oxygens (including phenoxy) is 1. The van der Waals surface area contributed by atoms with E-state index in [0.29, 0.717) is 19.6 Å². The summed E-state index contributed by atoms with van der Waals surface area (Å²) in [6.45, 7) is 7.33. The predicted molar refractivity (Wildman–Crippen MR) is 92.2 cm³/mol. The van der Waals surface area contributed by atoms with Gasteiger partial charge in [0.2, 0.25) is 0 Å². The van der Waals surface area contributed by atoms with Crippen molar-refractivity contribution in [3.8, 4) is 11.8 Å². The van der Waals surface area contributed by atoms with Gasteiger partial charge in [-0.15, -0.1) is 0 Å². The number of carbonyl (C=O) groups is 2. The maximum Gasteiger partial charge on any atom is 0.410 e. The lowest BCUT2D eigenvalue weighted by Crippen LogP contribution is -2.36. The molecule has 0 unspecified atom stereocenters. The first-order chi connectivity index (χ1) is 11.3. The minimum Gasteiger partial charge on any atom is -0.444 e. The molecule has 1 aliphatic rings. The monoisotopic (exact) mass is 328 g/mol. The van der Waals surface area contributed by atoms with Crippen LogP contribution in [0.15, 0.2) is 30.3 Å². The number of benzene rings is 1. The second-order valence-corrected chi connectivity index (χ2v) is 6.91. The first-order valence-corrected chi connectivity index (χ1v) is 8.16. The highest BCUT2D eigenvalue weighted by Gasteiger charge is 2.29. The van der Waals surface area contributed by atoms with Gasteiger partial charge in [-0.1, -0.05) is 24.1 Å². The molecular formula is C19H24N2O3. The first kappa shape index (κ1) is 17.9. The van der Waals surface area contributed by atoms with Gasteiger partial charge >= 0.3 is 6.09 Å². The van der Waals surface area contributed by atoms with Gasteiger partial charge in [-0.2, -0.15) is 0 Å². The van der Waals surface area contributed by atoms with Crippen molar-refractivity contribution in [1.29, 1.82) is 0 Å². The third-order valence-corrected chi connectivity index (χ3v) is 3.58. The zero-order valence-corrected chi connectivity index (χ0v) is 14.5. The molecule has 0 spiro atoms. The zero-order chi connectivity index (χ0) is 17.6. The highest BCUT2D eigenvalue weighted by molar-refractivity contribution is 5.94. The SMILES string of the molecule is CC(C)(C)OC(=O)N1CC[C@@H](CNC(=O)C#Cc2ccccc2)C1. The summed E-state index contributed by atoms with van der Waals surface area (Å²) in [5, 5.41) is 2.81. The molecule has 1 atom stereocenters. The Morgan fingerprint density at radius 3 is 2.67 bits per heavy atom. The van der Waals surface area contributed by atoms with Gasteiger partial charge in [-0.3, -0.25) is 4.79 Å². The maximum absolute atomic E-state index is 12.0. The van der Waals surface area contributed by atoms with Crippen LogP contribution in [0, 0.1) is 17.8 Å². The molecule has 5 heteroatoms. The quantitative estimate of drug-likeness (QED) is 0.848. The molecule has 1 aliphatic heterocycles. The van der Waals surface area contributed by atoms with Gasteiger partial charge < -0.3 is 15.0 Å². The van der Waals surface area contributed by atoms with E-state index in [1.165, 1.54) is 0 Å². The molecule has 5 nitrogen and oxygen atoms in total. The van der Waals surface area contributed by atoms with Crippen molar-refractivity contribution in [1.82, 2.24) is 10.2 Å². The summed E-state index contributed by atoms with van der Waals surface area (Å²) in [6, 6.07) is 9.38. The van der Waals surface area contributed by atoms with Gasteiger partial charge in [0.25, 0.3) is 5.91 Å². The fourth-order valence-electron chi connectivity index (χ4n) is 2.42. The first-order valence-electron chi connectivity index (χ1n) is 8.16. The lowest BCUT2D eigenvalue weighted by Gasteiger charge is -2.24. The molecule has 1 aromatic carbocycles. The lowest BCUT2D eigenvalue weighted by atomic mass is 10.1. The van der Waals surface area contributed by atoms with E-state index >= 15 is 0 Å². The van der Waals surface area contributed by atoms with Gasteiger partial charge in [-0.05, 0) is 45.2 Å². The Balaban J connectivity index is 1.75. The number of amides is 2. The molecule has 0 bridgehead atoms. The minimum absolute atomic E-state index is 0.236. The summed E-state index contributed by atoms with van der Waals surface area (Å²) in [5.74, 6) is 5.35. The number of nitrogens with one attached hydrogen (secondary N) is 1. The number of carbonyl (C=O) groups excluding carboxylic acids is 2. The van der Waals surface area contributed by atoms with Crippen molar-refractivity contribution in [2.75, 3.05) is 19.6 Å². The van der Waals surface area contributed by atoms with Gasteiger partial charge in [-0.25, -0.2) is 4.79 Å². The fourth-order valence-corrected chi connectivity index (χ4v) is 2.42. The molecule has 128 valence electrons. The lowest BCUT2D eigenvalue weighted by molar-refractivity contribution is -0.115. The van der Waals surface area contributed by atoms with E-state index < -0.39 is 5.60 Å². The number of rotatable bonds is 2. The largest absolute Gasteiger partial charge is 0.444 e. The van der Waals surface area contributed by atoms with E-state index in [0.717, 1.165) is 12.0 Å². The zero-order valence-electron chi connectivity index (χ0n) is 14.5. The summed E-state index contributed by atoms with van der Waals surface area (Å²) in [6.07, 6.45) is 0.561. The van der Waals surface area contributed by atoms with E-state index in [1.807, 2.05) is 51.1 Å². The molecule has 1 fully saturated rings. The highest BCUT2D eigenvalue weighted by atomic mass is 16.6. The van der Waals surface area contributed by atoms with Crippen LogP contribution in [0.3, 0.4) is 0 Å². The second-order valence-electron chi connectivity index (χ2n) is 6.91. The summed E-state index contributed by atoms with van der Waals surface area (Å²) < 4.78 is 5.36. The van der Waals surface area contributed by atoms with E-state index in [9.17, 15) is 9.59 Å². The smallest absolute Gasteiger partial charge is 0.410 e. The second kappa shape index (κ2) is 7.87. The van der Waals surface area contributed by atoms with E-state index in [4.69, 9.17) is 4.74 Å². The maximum atomic E-state index is 12.0. The minimum atomic E-state index is -0.490. The Hall–Kier alpha value is -2.48. The van der Waals surface area contributed by atoms with E-state index in [-0.39, 0.29) is 17.9 Å². The Morgan fingerprint density at radius 2 is 2.00 bits per heavy atom. The Morgan fingerprint density at radius 1 is 1.29 bits per heavy atom. The molecule has 1 heterocycles. The van der Waals surface area contributed by atoms with Gasteiger partial charge in [0.1, 0.15) is 5.60 Å². The van der Waals surface area contributed by atoms with Crippen LogP contribution in [0.4, 0.5) is 4.79 Å². The Bertz CT molecular complexity index is 638. The number of hydrogen-bond acceptors (Lipinski definition) is 3. The number of likely N-dealkylation sites (tertiary alicyclic amines) is 1. The van der Waals surface area contributed by atoms with Crippen LogP contribution in [0.2, 0.25) is 0 Å². The molecular weight excluding hydrogens is 304 g/mol. The molecule has 0 saturated carbocycles. The van der Waals surface area contributed by atoms with Crippen molar-refractivity contribution in [2.45, 2.75) is 32.8 Å². The number of nitrogens with zero attached hydrogens (tertiary/aromatic N) is 1. The topological polar surface area (TPSA) is 58.6 Å². The molecule has 2 rings (SSSR count). The Labute approximate surface area is 143 Å². The molecule has 1 aromatic rings. The average molecular weight is 328 g/mol. The third kappa shape index (κ3) is 5.96. The molecule has 0 aromatic heterocycles. The van der Waals surface area contributed by atoms with Crippen LogP contribution in [-0.2, 0) is 9.53 Å². The van der Waals surface area contributed by atoms with Crippen molar-refractivity contribution in [3.05, 3.63) is 35.9 Å². The standard InChI is InChI=1S/C19H24N2O3/c1-19(2,3)24-18(23)21-12-11-16(14-21)13-20-17(22)10-9-15-7-5-4-6-8-15/h4-8,16H,11-14H2,1-3H3,(H,20,22)/t16-/m0/s1. The molecule has 0 radical (unpaired) electrons. The average Bonchev–Trinajstić information content (AvgIpc) is 2.99. The van der Waals surface area contributed by atoms with Crippen molar-refractivity contribution >= 4 is 12.0 Å². The van der Waals surface area contributed by atoms with Crippen LogP contribution in [-0.4, -0.2) is 42.1 Å². The summed E-state index contributed by atoms with van der Waals surface area (Å²) in [7, 11) is 0. The van der Waals surface area contributed by atoms with Crippen molar-refractivity contribution in [3.63, 3.8) is 0 Å². The van der Waals surface area contributed by atoms with Gasteiger partial charge in [0, 0.05) is 31.1 Å². The van der Waals surface area contributed by atoms with E-state index in [1.54, 1.807) is 4.90 Å². The van der Waals surface area contributed by atoms with Gasteiger partial charge in [0.05, 0.1) is 0 Å². The van der Waals surface area contributed by atoms with Crippen LogP contribution >= 0.6 is 0 Å². The van der Waals surface area contributed by atoms with Gasteiger partial charge in [0.15, 0.2) is 0 Å². The molecule has 1 saturated heterocycles.